The summed E-state index contributed by atoms with van der Waals surface area (Å²) in [4.78, 5) is 14.5. The van der Waals surface area contributed by atoms with E-state index < -0.39 is 0 Å². The van der Waals surface area contributed by atoms with Crippen LogP contribution in [-0.2, 0) is 4.79 Å². The zero-order valence-electron chi connectivity index (χ0n) is 12.4. The van der Waals surface area contributed by atoms with E-state index in [1.54, 1.807) is 6.07 Å². The smallest absolute Gasteiger partial charge is 0.238 e. The van der Waals surface area contributed by atoms with Gasteiger partial charge in [-0.15, -0.1) is 0 Å². The number of amides is 1. The fourth-order valence-corrected chi connectivity index (χ4v) is 3.64. The van der Waals surface area contributed by atoms with E-state index >= 15 is 0 Å². The van der Waals surface area contributed by atoms with Gasteiger partial charge in [0.25, 0.3) is 0 Å². The number of halogens is 1. The molecule has 0 aromatic heterocycles. The molecular weight excluding hydrogens is 286 g/mol. The van der Waals surface area contributed by atoms with Crippen LogP contribution in [0.15, 0.2) is 18.2 Å². The van der Waals surface area contributed by atoms with E-state index in [2.05, 4.69) is 15.5 Å². The van der Waals surface area contributed by atoms with Crippen LogP contribution >= 0.6 is 11.6 Å². The van der Waals surface area contributed by atoms with Crippen LogP contribution in [0.5, 0.6) is 0 Å². The van der Waals surface area contributed by atoms with Gasteiger partial charge in [-0.3, -0.25) is 9.69 Å². The Kier molecular flexibility index (Phi) is 4.48. The molecule has 1 aromatic carbocycles. The van der Waals surface area contributed by atoms with Gasteiger partial charge < -0.3 is 10.6 Å². The first-order valence-electron chi connectivity index (χ1n) is 7.61. The zero-order chi connectivity index (χ0) is 14.8. The third-order valence-corrected chi connectivity index (χ3v) is 4.85. The molecule has 2 aliphatic rings. The monoisotopic (exact) mass is 307 g/mol. The van der Waals surface area contributed by atoms with E-state index in [0.29, 0.717) is 17.5 Å². The maximum Gasteiger partial charge on any atom is 0.238 e. The van der Waals surface area contributed by atoms with Crippen LogP contribution in [0.1, 0.15) is 12.0 Å². The second-order valence-electron chi connectivity index (χ2n) is 6.21. The molecule has 0 aliphatic carbocycles. The summed E-state index contributed by atoms with van der Waals surface area (Å²) in [5.74, 6) is 1.58. The number of rotatable bonds is 3. The minimum Gasteiger partial charge on any atom is -0.325 e. The molecule has 2 N–H and O–H groups in total. The van der Waals surface area contributed by atoms with E-state index in [4.69, 9.17) is 11.6 Å². The van der Waals surface area contributed by atoms with Crippen LogP contribution in [-0.4, -0.2) is 43.5 Å². The van der Waals surface area contributed by atoms with Crippen molar-refractivity contribution < 1.29 is 4.79 Å². The molecule has 3 rings (SSSR count). The minimum atomic E-state index is 0.0600. The van der Waals surface area contributed by atoms with Crippen molar-refractivity contribution in [2.24, 2.45) is 11.8 Å². The standard InChI is InChI=1S/C16H22ClN3O/c1-11-6-14(17)2-3-15(11)19-16(21)10-20-5-4-12-7-18-8-13(12)9-20/h2-3,6,12-13,18H,4-5,7-10H2,1H3,(H,19,21). The lowest BCUT2D eigenvalue weighted by atomic mass is 9.89. The molecule has 2 fully saturated rings. The SMILES string of the molecule is Cc1cc(Cl)ccc1NC(=O)CN1CCC2CNCC2C1. The molecule has 0 saturated carbocycles. The van der Waals surface area contributed by atoms with E-state index in [-0.39, 0.29) is 5.91 Å². The van der Waals surface area contributed by atoms with Crippen molar-refractivity contribution in [1.82, 2.24) is 10.2 Å². The van der Waals surface area contributed by atoms with Crippen LogP contribution in [0.2, 0.25) is 5.02 Å². The maximum atomic E-state index is 12.2. The fourth-order valence-electron chi connectivity index (χ4n) is 3.41. The number of nitrogens with zero attached hydrogens (tertiary/aromatic N) is 1. The molecule has 2 unspecified atom stereocenters. The van der Waals surface area contributed by atoms with Crippen molar-refractivity contribution in [3.63, 3.8) is 0 Å². The molecular formula is C16H22ClN3O. The first kappa shape index (κ1) is 14.8. The highest BCUT2D eigenvalue weighted by molar-refractivity contribution is 6.30. The van der Waals surface area contributed by atoms with Gasteiger partial charge in [0.2, 0.25) is 5.91 Å². The Hall–Kier alpha value is -1.10. The summed E-state index contributed by atoms with van der Waals surface area (Å²) in [5.41, 5.74) is 1.84. The number of nitrogens with one attached hydrogen (secondary N) is 2. The average Bonchev–Trinajstić information content (AvgIpc) is 2.89. The first-order chi connectivity index (χ1) is 10.1. The number of hydrogen-bond donors (Lipinski definition) is 2. The minimum absolute atomic E-state index is 0.0600. The molecule has 4 nitrogen and oxygen atoms in total. The molecule has 2 heterocycles. The summed E-state index contributed by atoms with van der Waals surface area (Å²) in [6.45, 7) is 6.73. The predicted octanol–water partition coefficient (Wildman–Crippen LogP) is 2.13. The molecule has 114 valence electrons. The summed E-state index contributed by atoms with van der Waals surface area (Å²) < 4.78 is 0. The summed E-state index contributed by atoms with van der Waals surface area (Å²) in [5, 5.41) is 7.14. The van der Waals surface area contributed by atoms with Gasteiger partial charge in [0.1, 0.15) is 0 Å². The Bertz CT molecular complexity index is 534. The summed E-state index contributed by atoms with van der Waals surface area (Å²) in [6.07, 6.45) is 1.20. The van der Waals surface area contributed by atoms with E-state index in [1.165, 1.54) is 6.42 Å². The van der Waals surface area contributed by atoms with Crippen molar-refractivity contribution >= 4 is 23.2 Å². The lowest BCUT2D eigenvalue weighted by Gasteiger charge is -2.33. The highest BCUT2D eigenvalue weighted by Gasteiger charge is 2.33. The zero-order valence-corrected chi connectivity index (χ0v) is 13.1. The molecule has 1 amide bonds. The van der Waals surface area contributed by atoms with Gasteiger partial charge in [-0.1, -0.05) is 11.6 Å². The van der Waals surface area contributed by atoms with Crippen molar-refractivity contribution in [3.05, 3.63) is 28.8 Å². The van der Waals surface area contributed by atoms with Gasteiger partial charge in [0.15, 0.2) is 0 Å². The van der Waals surface area contributed by atoms with Gasteiger partial charge in [0, 0.05) is 17.3 Å². The molecule has 2 saturated heterocycles. The quantitative estimate of drug-likeness (QED) is 0.899. The Balaban J connectivity index is 1.54. The Labute approximate surface area is 130 Å². The topological polar surface area (TPSA) is 44.4 Å². The molecule has 0 bridgehead atoms. The second-order valence-corrected chi connectivity index (χ2v) is 6.65. The normalized spacial score (nSPS) is 25.6. The van der Waals surface area contributed by atoms with Crippen LogP contribution in [0.3, 0.4) is 0 Å². The lowest BCUT2D eigenvalue weighted by Crippen LogP contribution is -2.43. The van der Waals surface area contributed by atoms with Gasteiger partial charge in [0.05, 0.1) is 6.54 Å². The third kappa shape index (κ3) is 3.57. The van der Waals surface area contributed by atoms with E-state index in [9.17, 15) is 4.79 Å². The van der Waals surface area contributed by atoms with E-state index in [1.807, 2.05) is 19.1 Å². The number of benzene rings is 1. The molecule has 0 spiro atoms. The number of carbonyl (C=O) groups excluding carboxylic acids is 1. The Morgan fingerprint density at radius 1 is 1.43 bits per heavy atom. The number of carbonyl (C=O) groups is 1. The molecule has 1 aromatic rings. The molecule has 5 heteroatoms. The number of anilines is 1. The third-order valence-electron chi connectivity index (χ3n) is 4.62. The Morgan fingerprint density at radius 3 is 3.05 bits per heavy atom. The largest absolute Gasteiger partial charge is 0.325 e. The van der Waals surface area contributed by atoms with E-state index in [0.717, 1.165) is 43.3 Å². The number of piperidine rings is 1. The van der Waals surface area contributed by atoms with Gasteiger partial charge in [-0.2, -0.15) is 0 Å². The number of fused-ring (bicyclic) bond motifs is 1. The van der Waals surface area contributed by atoms with Crippen molar-refractivity contribution in [2.75, 3.05) is 38.0 Å². The van der Waals surface area contributed by atoms with Crippen LogP contribution in [0, 0.1) is 18.8 Å². The Morgan fingerprint density at radius 2 is 2.24 bits per heavy atom. The molecule has 21 heavy (non-hydrogen) atoms. The number of likely N-dealkylation sites (tertiary alicyclic amines) is 1. The summed E-state index contributed by atoms with van der Waals surface area (Å²) >= 11 is 5.93. The number of hydrogen-bond acceptors (Lipinski definition) is 3. The van der Waals surface area contributed by atoms with Gasteiger partial charge >= 0.3 is 0 Å². The predicted molar refractivity (Wildman–Crippen MR) is 85.7 cm³/mol. The molecule has 2 aliphatic heterocycles. The van der Waals surface area contributed by atoms with Crippen molar-refractivity contribution in [2.45, 2.75) is 13.3 Å². The van der Waals surface area contributed by atoms with Crippen LogP contribution in [0.4, 0.5) is 5.69 Å². The van der Waals surface area contributed by atoms with Crippen molar-refractivity contribution in [1.29, 1.82) is 0 Å². The van der Waals surface area contributed by atoms with Gasteiger partial charge in [-0.05, 0) is 68.6 Å². The summed E-state index contributed by atoms with van der Waals surface area (Å²) in [6, 6.07) is 5.54. The highest BCUT2D eigenvalue weighted by Crippen LogP contribution is 2.26. The van der Waals surface area contributed by atoms with Crippen molar-refractivity contribution in [3.8, 4) is 0 Å². The maximum absolute atomic E-state index is 12.2. The lowest BCUT2D eigenvalue weighted by molar-refractivity contribution is -0.117. The fraction of sp³-hybridized carbons (Fsp3) is 0.562. The first-order valence-corrected chi connectivity index (χ1v) is 7.98. The van der Waals surface area contributed by atoms with Gasteiger partial charge in [-0.25, -0.2) is 0 Å². The average molecular weight is 308 g/mol. The molecule has 2 atom stereocenters. The number of aryl methyl sites for hydroxylation is 1. The summed E-state index contributed by atoms with van der Waals surface area (Å²) in [7, 11) is 0. The molecule has 0 radical (unpaired) electrons. The van der Waals surface area contributed by atoms with Crippen LogP contribution < -0.4 is 10.6 Å². The van der Waals surface area contributed by atoms with Crippen LogP contribution in [0.25, 0.3) is 0 Å². The highest BCUT2D eigenvalue weighted by atomic mass is 35.5. The second kappa shape index (κ2) is 6.34.